The summed E-state index contributed by atoms with van der Waals surface area (Å²) in [4.78, 5) is 8.38. The van der Waals surface area contributed by atoms with Gasteiger partial charge in [-0.3, -0.25) is 0 Å². The van der Waals surface area contributed by atoms with Crippen LogP contribution in [0.1, 0.15) is 18.7 Å². The van der Waals surface area contributed by atoms with Crippen molar-refractivity contribution in [2.24, 2.45) is 0 Å². The van der Waals surface area contributed by atoms with E-state index in [0.717, 1.165) is 19.4 Å². The summed E-state index contributed by atoms with van der Waals surface area (Å²) in [6.45, 7) is 0.831. The molecule has 0 saturated carbocycles. The summed E-state index contributed by atoms with van der Waals surface area (Å²) in [5.74, 6) is 1.09. The van der Waals surface area contributed by atoms with Gasteiger partial charge in [0.2, 0.25) is 0 Å². The van der Waals surface area contributed by atoms with Crippen molar-refractivity contribution in [1.29, 1.82) is 0 Å². The van der Waals surface area contributed by atoms with Gasteiger partial charge in [-0.15, -0.1) is 11.3 Å². The molecule has 0 aliphatic carbocycles. The van der Waals surface area contributed by atoms with Gasteiger partial charge in [0.1, 0.15) is 5.69 Å². The van der Waals surface area contributed by atoms with Gasteiger partial charge >= 0.3 is 0 Å². The first-order valence-electron chi connectivity index (χ1n) is 5.47. The molecule has 6 nitrogen and oxygen atoms in total. The number of aromatic nitrogens is 3. The highest BCUT2D eigenvalue weighted by Gasteiger charge is 2.20. The first-order valence-corrected chi connectivity index (χ1v) is 6.35. The van der Waals surface area contributed by atoms with E-state index in [1.54, 1.807) is 5.38 Å². The van der Waals surface area contributed by atoms with E-state index in [4.69, 9.17) is 15.0 Å². The molecule has 3 rings (SSSR count). The molecule has 0 amide bonds. The van der Waals surface area contributed by atoms with Crippen LogP contribution in [-0.2, 0) is 11.2 Å². The zero-order valence-electron chi connectivity index (χ0n) is 9.13. The highest BCUT2D eigenvalue weighted by molar-refractivity contribution is 7.13. The van der Waals surface area contributed by atoms with Crippen molar-refractivity contribution in [1.82, 2.24) is 15.1 Å². The maximum Gasteiger partial charge on any atom is 0.277 e. The summed E-state index contributed by atoms with van der Waals surface area (Å²) >= 11 is 1.36. The summed E-state index contributed by atoms with van der Waals surface area (Å²) < 4.78 is 10.7. The van der Waals surface area contributed by atoms with Crippen LogP contribution in [0.15, 0.2) is 9.90 Å². The lowest BCUT2D eigenvalue weighted by Crippen LogP contribution is -2.09. The Balaban J connectivity index is 1.73. The van der Waals surface area contributed by atoms with Crippen molar-refractivity contribution in [3.63, 3.8) is 0 Å². The molecule has 0 spiro atoms. The van der Waals surface area contributed by atoms with Gasteiger partial charge in [0.15, 0.2) is 11.0 Å². The molecule has 1 saturated heterocycles. The molecule has 2 aromatic rings. The maximum atomic E-state index is 5.55. The summed E-state index contributed by atoms with van der Waals surface area (Å²) in [7, 11) is 0. The van der Waals surface area contributed by atoms with Gasteiger partial charge in [0, 0.05) is 18.4 Å². The molecule has 1 fully saturated rings. The van der Waals surface area contributed by atoms with E-state index in [-0.39, 0.29) is 6.10 Å². The molecule has 2 N–H and O–H groups in total. The Bertz CT molecular complexity index is 504. The van der Waals surface area contributed by atoms with Crippen LogP contribution in [0.3, 0.4) is 0 Å². The van der Waals surface area contributed by atoms with Crippen LogP contribution in [0.5, 0.6) is 0 Å². The molecule has 0 bridgehead atoms. The van der Waals surface area contributed by atoms with E-state index in [9.17, 15) is 0 Å². The van der Waals surface area contributed by atoms with E-state index in [0.29, 0.717) is 29.0 Å². The molecule has 1 atom stereocenters. The molecule has 1 aliphatic rings. The van der Waals surface area contributed by atoms with Gasteiger partial charge in [-0.1, -0.05) is 5.16 Å². The van der Waals surface area contributed by atoms with Crippen LogP contribution in [0.2, 0.25) is 0 Å². The van der Waals surface area contributed by atoms with Crippen molar-refractivity contribution >= 4 is 16.5 Å². The second-order valence-corrected chi connectivity index (χ2v) is 4.82. The van der Waals surface area contributed by atoms with Crippen LogP contribution in [0.25, 0.3) is 11.6 Å². The number of nitrogens with two attached hydrogens (primary N) is 1. The lowest BCUT2D eigenvalue weighted by atomic mass is 10.2. The van der Waals surface area contributed by atoms with Gasteiger partial charge in [0.05, 0.1) is 6.10 Å². The SMILES string of the molecule is Nc1nc(-c2nc(CC3CCCO3)no2)cs1. The Hall–Kier alpha value is -1.47. The Morgan fingerprint density at radius 3 is 3.12 bits per heavy atom. The molecule has 90 valence electrons. The third kappa shape index (κ3) is 2.29. The van der Waals surface area contributed by atoms with Gasteiger partial charge in [-0.2, -0.15) is 4.98 Å². The normalized spacial score (nSPS) is 19.9. The number of rotatable bonds is 3. The summed E-state index contributed by atoms with van der Waals surface area (Å²) in [6, 6.07) is 0. The highest BCUT2D eigenvalue weighted by atomic mass is 32.1. The average Bonchev–Trinajstić information content (AvgIpc) is 2.99. The molecule has 1 unspecified atom stereocenters. The van der Waals surface area contributed by atoms with Crippen LogP contribution in [-0.4, -0.2) is 27.8 Å². The Morgan fingerprint density at radius 2 is 2.41 bits per heavy atom. The second-order valence-electron chi connectivity index (χ2n) is 3.93. The third-order valence-electron chi connectivity index (χ3n) is 2.64. The largest absolute Gasteiger partial charge is 0.378 e. The minimum Gasteiger partial charge on any atom is -0.378 e. The number of thiazole rings is 1. The number of ether oxygens (including phenoxy) is 1. The number of nitrogens with zero attached hydrogens (tertiary/aromatic N) is 3. The van der Waals surface area contributed by atoms with E-state index in [2.05, 4.69) is 15.1 Å². The fourth-order valence-electron chi connectivity index (χ4n) is 1.84. The number of nitrogen functional groups attached to an aromatic ring is 1. The van der Waals surface area contributed by atoms with Crippen molar-refractivity contribution in [2.75, 3.05) is 12.3 Å². The number of hydrogen-bond donors (Lipinski definition) is 1. The summed E-state index contributed by atoms with van der Waals surface area (Å²) in [5, 5.41) is 6.23. The molecule has 1 aliphatic heterocycles. The molecular formula is C10H12N4O2S. The zero-order valence-corrected chi connectivity index (χ0v) is 9.94. The topological polar surface area (TPSA) is 87.1 Å². The van der Waals surface area contributed by atoms with Crippen LogP contribution >= 0.6 is 11.3 Å². The molecule has 17 heavy (non-hydrogen) atoms. The van der Waals surface area contributed by atoms with E-state index >= 15 is 0 Å². The van der Waals surface area contributed by atoms with Gasteiger partial charge < -0.3 is 15.0 Å². The standard InChI is InChI=1S/C10H12N4O2S/c11-10-12-7(5-17-10)9-13-8(14-16-9)4-6-2-1-3-15-6/h5-6H,1-4H2,(H2,11,12). The Labute approximate surface area is 102 Å². The Morgan fingerprint density at radius 1 is 1.47 bits per heavy atom. The second kappa shape index (κ2) is 4.42. The van der Waals surface area contributed by atoms with Crippen molar-refractivity contribution < 1.29 is 9.26 Å². The highest BCUT2D eigenvalue weighted by Crippen LogP contribution is 2.22. The van der Waals surface area contributed by atoms with E-state index < -0.39 is 0 Å². The summed E-state index contributed by atoms with van der Waals surface area (Å²) in [5.41, 5.74) is 6.19. The van der Waals surface area contributed by atoms with Crippen molar-refractivity contribution in [3.8, 4) is 11.6 Å². The lowest BCUT2D eigenvalue weighted by molar-refractivity contribution is 0.109. The van der Waals surface area contributed by atoms with Gasteiger partial charge in [-0.25, -0.2) is 4.98 Å². The zero-order chi connectivity index (χ0) is 11.7. The number of hydrogen-bond acceptors (Lipinski definition) is 7. The number of anilines is 1. The maximum absolute atomic E-state index is 5.55. The van der Waals surface area contributed by atoms with Crippen molar-refractivity contribution in [3.05, 3.63) is 11.2 Å². The fourth-order valence-corrected chi connectivity index (χ4v) is 2.37. The van der Waals surface area contributed by atoms with E-state index in [1.165, 1.54) is 11.3 Å². The van der Waals surface area contributed by atoms with Crippen LogP contribution in [0, 0.1) is 0 Å². The monoisotopic (exact) mass is 252 g/mol. The quantitative estimate of drug-likeness (QED) is 0.890. The summed E-state index contributed by atoms with van der Waals surface area (Å²) in [6.07, 6.45) is 3.09. The third-order valence-corrected chi connectivity index (χ3v) is 3.32. The predicted octanol–water partition coefficient (Wildman–Crippen LogP) is 1.50. The first-order chi connectivity index (χ1) is 8.31. The van der Waals surface area contributed by atoms with E-state index in [1.807, 2.05) is 0 Å². The minimum absolute atomic E-state index is 0.223. The van der Waals surface area contributed by atoms with Gasteiger partial charge in [-0.05, 0) is 12.8 Å². The molecule has 2 aromatic heterocycles. The van der Waals surface area contributed by atoms with Gasteiger partial charge in [0.25, 0.3) is 5.89 Å². The predicted molar refractivity (Wildman–Crippen MR) is 62.5 cm³/mol. The smallest absolute Gasteiger partial charge is 0.277 e. The molecule has 3 heterocycles. The average molecular weight is 252 g/mol. The van der Waals surface area contributed by atoms with Crippen LogP contribution < -0.4 is 5.73 Å². The molecule has 7 heteroatoms. The molecule has 0 radical (unpaired) electrons. The van der Waals surface area contributed by atoms with Crippen molar-refractivity contribution in [2.45, 2.75) is 25.4 Å². The Kier molecular flexibility index (Phi) is 2.77. The lowest BCUT2D eigenvalue weighted by Gasteiger charge is -2.03. The minimum atomic E-state index is 0.223. The molecule has 0 aromatic carbocycles. The molecular weight excluding hydrogens is 240 g/mol. The van der Waals surface area contributed by atoms with Crippen LogP contribution in [0.4, 0.5) is 5.13 Å². The fraction of sp³-hybridized carbons (Fsp3) is 0.500. The first kappa shape index (κ1) is 10.7.